The van der Waals surface area contributed by atoms with Crippen molar-refractivity contribution < 1.29 is 18.1 Å². The van der Waals surface area contributed by atoms with E-state index in [1.165, 1.54) is 12.1 Å². The van der Waals surface area contributed by atoms with E-state index in [1.807, 2.05) is 18.2 Å². The highest BCUT2D eigenvalue weighted by Crippen LogP contribution is 2.40. The van der Waals surface area contributed by atoms with Crippen LogP contribution < -0.4 is 5.32 Å². The van der Waals surface area contributed by atoms with Crippen molar-refractivity contribution in [3.63, 3.8) is 0 Å². The van der Waals surface area contributed by atoms with Crippen LogP contribution in [-0.4, -0.2) is 25.1 Å². The molecule has 0 unspecified atom stereocenters. The highest BCUT2D eigenvalue weighted by Gasteiger charge is 2.16. The summed E-state index contributed by atoms with van der Waals surface area (Å²) in [5.74, 6) is -0.0497. The second kappa shape index (κ2) is 6.98. The van der Waals surface area contributed by atoms with Gasteiger partial charge in [-0.25, -0.2) is 0 Å². The minimum Gasteiger partial charge on any atom is -0.505 e. The summed E-state index contributed by atoms with van der Waals surface area (Å²) in [6, 6.07) is 11.9. The van der Waals surface area contributed by atoms with Crippen LogP contribution in [0.2, 0.25) is 0 Å². The van der Waals surface area contributed by atoms with Gasteiger partial charge in [-0.2, -0.15) is 8.42 Å². The van der Waals surface area contributed by atoms with Crippen LogP contribution in [0.4, 0.5) is 17.1 Å². The predicted molar refractivity (Wildman–Crippen MR) is 105 cm³/mol. The summed E-state index contributed by atoms with van der Waals surface area (Å²) in [5, 5.41) is 23.1. The lowest BCUT2D eigenvalue weighted by Crippen LogP contribution is -1.98. The normalized spacial score (nSPS) is 12.0. The van der Waals surface area contributed by atoms with Crippen LogP contribution in [-0.2, 0) is 10.1 Å². The third-order valence-electron chi connectivity index (χ3n) is 4.22. The quantitative estimate of drug-likeness (QED) is 0.438. The van der Waals surface area contributed by atoms with E-state index in [2.05, 4.69) is 15.5 Å². The Morgan fingerprint density at radius 2 is 1.74 bits per heavy atom. The van der Waals surface area contributed by atoms with Crippen LogP contribution in [0.3, 0.4) is 0 Å². The van der Waals surface area contributed by atoms with E-state index >= 15 is 0 Å². The van der Waals surface area contributed by atoms with Crippen molar-refractivity contribution in [2.45, 2.75) is 18.7 Å². The third kappa shape index (κ3) is 3.76. The lowest BCUT2D eigenvalue weighted by molar-refractivity contribution is 0.482. The number of rotatable bonds is 4. The molecule has 0 amide bonds. The van der Waals surface area contributed by atoms with Gasteiger partial charge in [0.15, 0.2) is 5.75 Å². The molecule has 0 aliphatic rings. The van der Waals surface area contributed by atoms with Gasteiger partial charge in [0.2, 0.25) is 0 Å². The van der Waals surface area contributed by atoms with Crippen LogP contribution >= 0.6 is 0 Å². The summed E-state index contributed by atoms with van der Waals surface area (Å²) in [5.41, 5.74) is 2.40. The Morgan fingerprint density at radius 3 is 2.41 bits per heavy atom. The fourth-order valence-corrected chi connectivity index (χ4v) is 3.51. The van der Waals surface area contributed by atoms with Crippen molar-refractivity contribution in [2.75, 3.05) is 12.4 Å². The number of fused-ring (bicyclic) bond motifs is 1. The van der Waals surface area contributed by atoms with E-state index in [4.69, 9.17) is 0 Å². The lowest BCUT2D eigenvalue weighted by atomic mass is 10.0. The zero-order chi connectivity index (χ0) is 19.8. The molecule has 0 aliphatic heterocycles. The number of aromatic hydroxyl groups is 1. The summed E-state index contributed by atoms with van der Waals surface area (Å²) in [4.78, 5) is -0.332. The van der Waals surface area contributed by atoms with Crippen molar-refractivity contribution in [1.29, 1.82) is 0 Å². The van der Waals surface area contributed by atoms with Crippen molar-refractivity contribution >= 4 is 38.0 Å². The number of phenolic OH excluding ortho intramolecular Hbond substituents is 1. The fourth-order valence-electron chi connectivity index (χ4n) is 2.80. The first-order valence-corrected chi connectivity index (χ1v) is 9.58. The molecule has 0 bridgehead atoms. The number of nitrogens with zero attached hydrogens (tertiary/aromatic N) is 2. The highest BCUT2D eigenvalue weighted by atomic mass is 32.2. The summed E-state index contributed by atoms with van der Waals surface area (Å²) in [6.07, 6.45) is 0. The molecule has 27 heavy (non-hydrogen) atoms. The Hall–Kier alpha value is -2.97. The van der Waals surface area contributed by atoms with Gasteiger partial charge in [-0.1, -0.05) is 12.1 Å². The Bertz CT molecular complexity index is 1170. The molecule has 0 atom stereocenters. The molecule has 3 aromatic carbocycles. The third-order valence-corrected chi connectivity index (χ3v) is 5.10. The smallest absolute Gasteiger partial charge is 0.296 e. The van der Waals surface area contributed by atoms with Gasteiger partial charge in [-0.05, 0) is 60.7 Å². The Kier molecular flexibility index (Phi) is 4.86. The van der Waals surface area contributed by atoms with Crippen LogP contribution in [0.5, 0.6) is 5.75 Å². The number of aryl methyl sites for hydroxylation is 2. The van der Waals surface area contributed by atoms with Gasteiger partial charge in [0.25, 0.3) is 10.1 Å². The average molecular weight is 385 g/mol. The molecule has 3 rings (SSSR count). The van der Waals surface area contributed by atoms with Gasteiger partial charge in [0.05, 0.1) is 0 Å². The summed E-state index contributed by atoms with van der Waals surface area (Å²) in [7, 11) is -2.67. The maximum Gasteiger partial charge on any atom is 0.296 e. The van der Waals surface area contributed by atoms with Crippen LogP contribution in [0.15, 0.2) is 57.6 Å². The van der Waals surface area contributed by atoms with Gasteiger partial charge < -0.3 is 10.4 Å². The molecule has 140 valence electrons. The molecule has 0 radical (unpaired) electrons. The van der Waals surface area contributed by atoms with Gasteiger partial charge in [0, 0.05) is 18.1 Å². The molecule has 0 saturated heterocycles. The zero-order valence-electron chi connectivity index (χ0n) is 15.1. The molecule has 0 saturated carbocycles. The number of hydrogen-bond acceptors (Lipinski definition) is 6. The fraction of sp³-hybridized carbons (Fsp3) is 0.158. The zero-order valence-corrected chi connectivity index (χ0v) is 15.9. The van der Waals surface area contributed by atoms with Crippen molar-refractivity contribution in [2.24, 2.45) is 10.2 Å². The molecule has 0 spiro atoms. The minimum atomic E-state index is -4.45. The SMILES string of the molecule is CNc1ccc2cc(C)c(N=Nc3ccc(C)cc3S(=O)(=O)O)c(O)c2c1. The van der Waals surface area contributed by atoms with Gasteiger partial charge in [0.1, 0.15) is 16.3 Å². The summed E-state index contributed by atoms with van der Waals surface area (Å²) >= 11 is 0. The number of anilines is 1. The molecule has 7 nitrogen and oxygen atoms in total. The maximum atomic E-state index is 11.6. The van der Waals surface area contributed by atoms with E-state index in [0.29, 0.717) is 16.5 Å². The minimum absolute atomic E-state index is 0.00836. The molecular formula is C19H19N3O4S. The maximum absolute atomic E-state index is 11.6. The van der Waals surface area contributed by atoms with E-state index in [0.717, 1.165) is 11.1 Å². The van der Waals surface area contributed by atoms with E-state index in [1.54, 1.807) is 33.0 Å². The van der Waals surface area contributed by atoms with E-state index in [9.17, 15) is 18.1 Å². The lowest BCUT2D eigenvalue weighted by Gasteiger charge is -2.09. The van der Waals surface area contributed by atoms with Crippen LogP contribution in [0.25, 0.3) is 10.8 Å². The number of benzene rings is 3. The number of azo groups is 1. The van der Waals surface area contributed by atoms with Crippen molar-refractivity contribution in [3.05, 3.63) is 53.6 Å². The highest BCUT2D eigenvalue weighted by molar-refractivity contribution is 7.86. The average Bonchev–Trinajstić information content (AvgIpc) is 2.61. The summed E-state index contributed by atoms with van der Waals surface area (Å²) < 4.78 is 32.6. The second-order valence-electron chi connectivity index (χ2n) is 6.22. The number of nitrogens with one attached hydrogen (secondary N) is 1. The van der Waals surface area contributed by atoms with E-state index < -0.39 is 10.1 Å². The van der Waals surface area contributed by atoms with E-state index in [-0.39, 0.29) is 22.0 Å². The largest absolute Gasteiger partial charge is 0.505 e. The first kappa shape index (κ1) is 18.8. The molecule has 0 fully saturated rings. The Labute approximate surface area is 157 Å². The van der Waals surface area contributed by atoms with Gasteiger partial charge in [-0.15, -0.1) is 10.2 Å². The molecule has 0 aliphatic carbocycles. The van der Waals surface area contributed by atoms with Gasteiger partial charge in [-0.3, -0.25) is 4.55 Å². The van der Waals surface area contributed by atoms with Crippen molar-refractivity contribution in [1.82, 2.24) is 0 Å². The molecule has 3 N–H and O–H groups in total. The molecule has 0 heterocycles. The van der Waals surface area contributed by atoms with Crippen LogP contribution in [0.1, 0.15) is 11.1 Å². The standard InChI is InChI=1S/C19H19N3O4S/c1-11-4-7-16(17(8-11)27(24,25)26)21-22-18-12(2)9-13-5-6-14(20-3)10-15(13)19(18)23/h4-10,20,23H,1-3H3,(H,24,25,26). The Balaban J connectivity index is 2.15. The van der Waals surface area contributed by atoms with Crippen LogP contribution in [0, 0.1) is 13.8 Å². The molecule has 0 aromatic heterocycles. The second-order valence-corrected chi connectivity index (χ2v) is 7.61. The molecule has 8 heteroatoms. The predicted octanol–water partition coefficient (Wildman–Crippen LogP) is 4.87. The monoisotopic (exact) mass is 385 g/mol. The first-order chi connectivity index (χ1) is 12.7. The topological polar surface area (TPSA) is 111 Å². The number of phenols is 1. The van der Waals surface area contributed by atoms with Gasteiger partial charge >= 0.3 is 0 Å². The molecular weight excluding hydrogens is 366 g/mol. The number of hydrogen-bond donors (Lipinski definition) is 3. The summed E-state index contributed by atoms with van der Waals surface area (Å²) in [6.45, 7) is 3.48. The molecule has 3 aromatic rings. The Morgan fingerprint density at radius 1 is 1.00 bits per heavy atom. The first-order valence-electron chi connectivity index (χ1n) is 8.14. The van der Waals surface area contributed by atoms with Crippen molar-refractivity contribution in [3.8, 4) is 5.75 Å².